The SMILES string of the molecule is CCCN1CCN(c2cc3c(cc2Br)C(N)C(=O)N3)CC1. The van der Waals surface area contributed by atoms with Gasteiger partial charge in [0.05, 0.1) is 5.69 Å². The van der Waals surface area contributed by atoms with E-state index in [9.17, 15) is 4.79 Å². The Labute approximate surface area is 133 Å². The summed E-state index contributed by atoms with van der Waals surface area (Å²) in [4.78, 5) is 16.5. The second kappa shape index (κ2) is 5.94. The molecule has 1 fully saturated rings. The van der Waals surface area contributed by atoms with Gasteiger partial charge >= 0.3 is 0 Å². The summed E-state index contributed by atoms with van der Waals surface area (Å²) < 4.78 is 1.01. The summed E-state index contributed by atoms with van der Waals surface area (Å²) in [5.41, 5.74) is 8.75. The van der Waals surface area contributed by atoms with Crippen LogP contribution in [-0.4, -0.2) is 43.5 Å². The zero-order chi connectivity index (χ0) is 15.0. The van der Waals surface area contributed by atoms with Gasteiger partial charge in [0.1, 0.15) is 6.04 Å². The third kappa shape index (κ3) is 2.80. The summed E-state index contributed by atoms with van der Waals surface area (Å²) >= 11 is 3.63. The van der Waals surface area contributed by atoms with E-state index in [0.29, 0.717) is 0 Å². The maximum Gasteiger partial charge on any atom is 0.245 e. The molecule has 1 aromatic rings. The first kappa shape index (κ1) is 14.8. The van der Waals surface area contributed by atoms with Crippen molar-refractivity contribution in [2.45, 2.75) is 19.4 Å². The molecule has 5 nitrogen and oxygen atoms in total. The predicted molar refractivity (Wildman–Crippen MR) is 88.6 cm³/mol. The van der Waals surface area contributed by atoms with E-state index in [-0.39, 0.29) is 5.91 Å². The summed E-state index contributed by atoms with van der Waals surface area (Å²) in [7, 11) is 0. The van der Waals surface area contributed by atoms with Gasteiger partial charge in [-0.25, -0.2) is 0 Å². The van der Waals surface area contributed by atoms with E-state index in [1.165, 1.54) is 13.0 Å². The predicted octanol–water partition coefficient (Wildman–Crippen LogP) is 1.93. The number of nitrogens with zero attached hydrogens (tertiary/aromatic N) is 2. The van der Waals surface area contributed by atoms with Crippen molar-refractivity contribution in [3.05, 3.63) is 22.2 Å². The molecule has 21 heavy (non-hydrogen) atoms. The normalized spacial score (nSPS) is 22.3. The van der Waals surface area contributed by atoms with Crippen molar-refractivity contribution < 1.29 is 4.79 Å². The van der Waals surface area contributed by atoms with Crippen molar-refractivity contribution in [3.63, 3.8) is 0 Å². The van der Waals surface area contributed by atoms with E-state index in [1.54, 1.807) is 0 Å². The molecule has 3 N–H and O–H groups in total. The van der Waals surface area contributed by atoms with Crippen molar-refractivity contribution in [2.24, 2.45) is 5.73 Å². The Hall–Kier alpha value is -1.11. The minimum Gasteiger partial charge on any atom is -0.368 e. The number of fused-ring (bicyclic) bond motifs is 1. The lowest BCUT2D eigenvalue weighted by molar-refractivity contribution is -0.116. The van der Waals surface area contributed by atoms with Crippen molar-refractivity contribution in [3.8, 4) is 0 Å². The Morgan fingerprint density at radius 1 is 1.33 bits per heavy atom. The van der Waals surface area contributed by atoms with Gasteiger partial charge < -0.3 is 16.0 Å². The number of carbonyl (C=O) groups excluding carboxylic acids is 1. The van der Waals surface area contributed by atoms with Crippen LogP contribution in [0.3, 0.4) is 0 Å². The van der Waals surface area contributed by atoms with Crippen molar-refractivity contribution in [1.82, 2.24) is 4.90 Å². The molecule has 0 aromatic heterocycles. The van der Waals surface area contributed by atoms with E-state index in [4.69, 9.17) is 5.73 Å². The van der Waals surface area contributed by atoms with Crippen LogP contribution in [0.15, 0.2) is 16.6 Å². The minimum absolute atomic E-state index is 0.123. The molecule has 1 atom stereocenters. The lowest BCUT2D eigenvalue weighted by atomic mass is 10.1. The van der Waals surface area contributed by atoms with Gasteiger partial charge in [-0.3, -0.25) is 9.69 Å². The zero-order valence-corrected chi connectivity index (χ0v) is 13.8. The van der Waals surface area contributed by atoms with Crippen LogP contribution in [0.25, 0.3) is 0 Å². The monoisotopic (exact) mass is 352 g/mol. The number of nitrogens with two attached hydrogens (primary N) is 1. The summed E-state index contributed by atoms with van der Waals surface area (Å²) in [6.07, 6.45) is 1.20. The van der Waals surface area contributed by atoms with Crippen LogP contribution in [0.4, 0.5) is 11.4 Å². The topological polar surface area (TPSA) is 61.6 Å². The molecule has 0 aliphatic carbocycles. The van der Waals surface area contributed by atoms with Crippen LogP contribution in [0.5, 0.6) is 0 Å². The fourth-order valence-electron chi connectivity index (χ4n) is 3.07. The number of hydrogen-bond donors (Lipinski definition) is 2. The molecule has 1 aromatic carbocycles. The second-order valence-corrected chi connectivity index (χ2v) is 6.54. The lowest BCUT2D eigenvalue weighted by Crippen LogP contribution is -2.46. The molecule has 0 saturated carbocycles. The molecular formula is C15H21BrN4O. The van der Waals surface area contributed by atoms with Gasteiger partial charge in [-0.2, -0.15) is 0 Å². The number of carbonyl (C=O) groups is 1. The van der Waals surface area contributed by atoms with Crippen LogP contribution in [0, 0.1) is 0 Å². The lowest BCUT2D eigenvalue weighted by Gasteiger charge is -2.36. The van der Waals surface area contributed by atoms with E-state index >= 15 is 0 Å². The molecule has 0 radical (unpaired) electrons. The van der Waals surface area contributed by atoms with Gasteiger partial charge in [0.15, 0.2) is 0 Å². The number of halogens is 1. The molecule has 2 aliphatic rings. The largest absolute Gasteiger partial charge is 0.368 e. The number of piperazine rings is 1. The van der Waals surface area contributed by atoms with Crippen molar-refractivity contribution in [2.75, 3.05) is 42.9 Å². The molecule has 3 rings (SSSR count). The Balaban J connectivity index is 1.78. The van der Waals surface area contributed by atoms with E-state index in [2.05, 4.69) is 38.0 Å². The molecule has 2 heterocycles. The average molecular weight is 353 g/mol. The fraction of sp³-hybridized carbons (Fsp3) is 0.533. The van der Waals surface area contributed by atoms with Crippen LogP contribution in [0.1, 0.15) is 24.9 Å². The van der Waals surface area contributed by atoms with Gasteiger partial charge in [-0.1, -0.05) is 6.92 Å². The Bertz CT molecular complexity index is 555. The first-order chi connectivity index (χ1) is 10.1. The van der Waals surface area contributed by atoms with E-state index < -0.39 is 6.04 Å². The average Bonchev–Trinajstić information content (AvgIpc) is 2.75. The Morgan fingerprint density at radius 3 is 2.71 bits per heavy atom. The smallest absolute Gasteiger partial charge is 0.245 e. The maximum absolute atomic E-state index is 11.7. The summed E-state index contributed by atoms with van der Waals surface area (Å²) in [6.45, 7) is 7.58. The summed E-state index contributed by atoms with van der Waals surface area (Å²) in [5.74, 6) is -0.123. The minimum atomic E-state index is -0.549. The maximum atomic E-state index is 11.7. The highest BCUT2D eigenvalue weighted by Gasteiger charge is 2.29. The first-order valence-electron chi connectivity index (χ1n) is 7.47. The van der Waals surface area contributed by atoms with Crippen molar-refractivity contribution in [1.29, 1.82) is 0 Å². The Morgan fingerprint density at radius 2 is 2.05 bits per heavy atom. The highest BCUT2D eigenvalue weighted by atomic mass is 79.9. The highest BCUT2D eigenvalue weighted by Crippen LogP contribution is 2.38. The number of hydrogen-bond acceptors (Lipinski definition) is 4. The standard InChI is InChI=1S/C15H21BrN4O/c1-2-3-19-4-6-20(7-5-19)13-9-12-10(8-11(13)16)14(17)15(21)18-12/h8-9,14H,2-7,17H2,1H3,(H,18,21). The first-order valence-corrected chi connectivity index (χ1v) is 8.26. The number of nitrogens with one attached hydrogen (secondary N) is 1. The molecule has 114 valence electrons. The molecule has 2 aliphatic heterocycles. The van der Waals surface area contributed by atoms with Crippen LogP contribution >= 0.6 is 15.9 Å². The van der Waals surface area contributed by atoms with Crippen molar-refractivity contribution >= 4 is 33.2 Å². The molecule has 1 unspecified atom stereocenters. The van der Waals surface area contributed by atoms with Gasteiger partial charge in [0, 0.05) is 41.9 Å². The molecular weight excluding hydrogens is 332 g/mol. The number of rotatable bonds is 3. The van der Waals surface area contributed by atoms with Gasteiger partial charge in [-0.05, 0) is 41.0 Å². The number of amides is 1. The van der Waals surface area contributed by atoms with Gasteiger partial charge in [0.2, 0.25) is 5.91 Å². The third-order valence-electron chi connectivity index (χ3n) is 4.25. The summed E-state index contributed by atoms with van der Waals surface area (Å²) in [6, 6.07) is 3.47. The Kier molecular flexibility index (Phi) is 4.19. The van der Waals surface area contributed by atoms with E-state index in [1.807, 2.05) is 12.1 Å². The zero-order valence-electron chi connectivity index (χ0n) is 12.2. The highest BCUT2D eigenvalue weighted by molar-refractivity contribution is 9.10. The second-order valence-electron chi connectivity index (χ2n) is 5.69. The molecule has 0 spiro atoms. The van der Waals surface area contributed by atoms with Gasteiger partial charge in [0.25, 0.3) is 0 Å². The number of benzene rings is 1. The van der Waals surface area contributed by atoms with E-state index in [0.717, 1.165) is 47.6 Å². The number of anilines is 2. The molecule has 1 amide bonds. The quantitative estimate of drug-likeness (QED) is 0.872. The third-order valence-corrected chi connectivity index (χ3v) is 4.88. The fourth-order valence-corrected chi connectivity index (χ4v) is 3.68. The molecule has 0 bridgehead atoms. The van der Waals surface area contributed by atoms with Crippen LogP contribution in [-0.2, 0) is 4.79 Å². The molecule has 1 saturated heterocycles. The molecule has 6 heteroatoms. The van der Waals surface area contributed by atoms with Gasteiger partial charge in [-0.15, -0.1) is 0 Å². The van der Waals surface area contributed by atoms with Crippen LogP contribution in [0.2, 0.25) is 0 Å². The summed E-state index contributed by atoms with van der Waals surface area (Å²) in [5, 5.41) is 2.86. The van der Waals surface area contributed by atoms with Crippen LogP contribution < -0.4 is 16.0 Å².